The minimum absolute atomic E-state index is 0.279. The van der Waals surface area contributed by atoms with Gasteiger partial charge in [0.1, 0.15) is 12.2 Å². The molecule has 1 aliphatic carbocycles. The summed E-state index contributed by atoms with van der Waals surface area (Å²) in [5.41, 5.74) is 1.47. The van der Waals surface area contributed by atoms with E-state index in [1.165, 1.54) is 14.2 Å². The average Bonchev–Trinajstić information content (AvgIpc) is 2.33. The largest absolute Gasteiger partial charge is 0.494 e. The molecule has 0 amide bonds. The topological polar surface area (TPSA) is 58.9 Å². The van der Waals surface area contributed by atoms with E-state index in [1.807, 2.05) is 19.1 Å². The van der Waals surface area contributed by atoms with E-state index in [9.17, 15) is 10.2 Å². The zero-order valence-electron chi connectivity index (χ0n) is 10.7. The molecule has 0 fully saturated rings. The molecule has 0 saturated heterocycles. The van der Waals surface area contributed by atoms with Crippen LogP contribution < -0.4 is 0 Å². The van der Waals surface area contributed by atoms with E-state index in [4.69, 9.17) is 9.47 Å². The number of aliphatic hydroxyl groups is 2. The van der Waals surface area contributed by atoms with E-state index in [-0.39, 0.29) is 11.5 Å². The number of ether oxygens (including phenoxy) is 2. The Labute approximate surface area is 102 Å². The molecule has 1 rings (SSSR count). The van der Waals surface area contributed by atoms with Crippen LogP contribution in [0.25, 0.3) is 0 Å². The first-order valence-electron chi connectivity index (χ1n) is 5.57. The van der Waals surface area contributed by atoms with Crippen molar-refractivity contribution >= 4 is 0 Å². The number of methoxy groups -OCH3 is 2. The fourth-order valence-corrected chi connectivity index (χ4v) is 1.96. The minimum Gasteiger partial charge on any atom is -0.494 e. The molecule has 0 saturated carbocycles. The second-order valence-corrected chi connectivity index (χ2v) is 3.92. The minimum atomic E-state index is -0.852. The fraction of sp³-hybridized carbons (Fsp3) is 0.538. The monoisotopic (exact) mass is 240 g/mol. The summed E-state index contributed by atoms with van der Waals surface area (Å²) in [5.74, 6) is 0.562. The normalized spacial score (nSPS) is 25.8. The lowest BCUT2D eigenvalue weighted by Crippen LogP contribution is -2.31. The second-order valence-electron chi connectivity index (χ2n) is 3.92. The highest BCUT2D eigenvalue weighted by molar-refractivity contribution is 5.39. The fourth-order valence-electron chi connectivity index (χ4n) is 1.96. The molecule has 17 heavy (non-hydrogen) atoms. The van der Waals surface area contributed by atoms with Crippen molar-refractivity contribution in [2.24, 2.45) is 0 Å². The van der Waals surface area contributed by atoms with Crippen molar-refractivity contribution in [3.8, 4) is 0 Å². The van der Waals surface area contributed by atoms with Crippen molar-refractivity contribution < 1.29 is 19.7 Å². The molecule has 0 aromatic carbocycles. The molecular formula is C13H20O4. The van der Waals surface area contributed by atoms with Gasteiger partial charge in [-0.25, -0.2) is 0 Å². The van der Waals surface area contributed by atoms with Gasteiger partial charge in [-0.2, -0.15) is 0 Å². The average molecular weight is 240 g/mol. The predicted octanol–water partition coefficient (Wildman–Crippen LogP) is 1.51. The van der Waals surface area contributed by atoms with E-state index in [2.05, 4.69) is 0 Å². The van der Waals surface area contributed by atoms with Gasteiger partial charge in [-0.3, -0.25) is 0 Å². The zero-order valence-corrected chi connectivity index (χ0v) is 10.7. The lowest BCUT2D eigenvalue weighted by molar-refractivity contribution is 0.0794. The smallest absolute Gasteiger partial charge is 0.169 e. The van der Waals surface area contributed by atoms with Gasteiger partial charge in [0.2, 0.25) is 0 Å². The third-order valence-corrected chi connectivity index (χ3v) is 3.00. The molecule has 2 N–H and O–H groups in total. The molecule has 0 radical (unpaired) electrons. The molecule has 0 heterocycles. The van der Waals surface area contributed by atoms with Crippen molar-refractivity contribution in [2.75, 3.05) is 14.2 Å². The van der Waals surface area contributed by atoms with E-state index in [0.29, 0.717) is 12.0 Å². The Kier molecular flexibility index (Phi) is 4.78. The summed E-state index contributed by atoms with van der Waals surface area (Å²) >= 11 is 0. The number of rotatable bonds is 4. The van der Waals surface area contributed by atoms with Crippen LogP contribution in [0.15, 0.2) is 34.8 Å². The van der Waals surface area contributed by atoms with Gasteiger partial charge in [0.25, 0.3) is 0 Å². The highest BCUT2D eigenvalue weighted by atomic mass is 16.5. The van der Waals surface area contributed by atoms with E-state index in [1.54, 1.807) is 6.92 Å². The quantitative estimate of drug-likeness (QED) is 0.731. The van der Waals surface area contributed by atoms with Crippen molar-refractivity contribution in [1.82, 2.24) is 0 Å². The van der Waals surface area contributed by atoms with E-state index >= 15 is 0 Å². The first-order chi connectivity index (χ1) is 8.08. The SMILES string of the molecule is C/C=C/CC1=C(C)C(O)C(OC)=C(OC)C1O. The third kappa shape index (κ3) is 2.53. The summed E-state index contributed by atoms with van der Waals surface area (Å²) < 4.78 is 10.2. The van der Waals surface area contributed by atoms with Gasteiger partial charge in [0.15, 0.2) is 11.5 Å². The summed E-state index contributed by atoms with van der Waals surface area (Å²) in [6.45, 7) is 3.70. The Bertz CT molecular complexity index is 366. The highest BCUT2D eigenvalue weighted by Gasteiger charge is 2.34. The molecule has 0 aromatic rings. The number of hydrogen-bond donors (Lipinski definition) is 2. The maximum absolute atomic E-state index is 10.2. The van der Waals surface area contributed by atoms with Gasteiger partial charge < -0.3 is 19.7 Å². The van der Waals surface area contributed by atoms with Crippen LogP contribution in [-0.2, 0) is 9.47 Å². The molecule has 96 valence electrons. The Balaban J connectivity index is 3.13. The van der Waals surface area contributed by atoms with Gasteiger partial charge in [0, 0.05) is 0 Å². The lowest BCUT2D eigenvalue weighted by atomic mass is 9.89. The molecule has 0 spiro atoms. The second kappa shape index (κ2) is 5.89. The first kappa shape index (κ1) is 13.8. The number of hydrogen-bond acceptors (Lipinski definition) is 4. The third-order valence-electron chi connectivity index (χ3n) is 3.00. The highest BCUT2D eigenvalue weighted by Crippen LogP contribution is 2.33. The Morgan fingerprint density at radius 3 is 2.12 bits per heavy atom. The predicted molar refractivity (Wildman–Crippen MR) is 65.2 cm³/mol. The molecule has 2 atom stereocenters. The van der Waals surface area contributed by atoms with Crippen LogP contribution in [0.3, 0.4) is 0 Å². The molecule has 0 aliphatic heterocycles. The molecule has 2 unspecified atom stereocenters. The van der Waals surface area contributed by atoms with E-state index < -0.39 is 12.2 Å². The molecular weight excluding hydrogens is 220 g/mol. The zero-order chi connectivity index (χ0) is 13.0. The van der Waals surface area contributed by atoms with Gasteiger partial charge >= 0.3 is 0 Å². The van der Waals surface area contributed by atoms with Crippen LogP contribution in [0.2, 0.25) is 0 Å². The van der Waals surface area contributed by atoms with Crippen LogP contribution in [0.4, 0.5) is 0 Å². The summed E-state index contributed by atoms with van der Waals surface area (Å²) in [7, 11) is 2.91. The Morgan fingerprint density at radius 1 is 1.12 bits per heavy atom. The summed E-state index contributed by atoms with van der Waals surface area (Å²) in [5, 5.41) is 20.2. The maximum Gasteiger partial charge on any atom is 0.169 e. The van der Waals surface area contributed by atoms with Gasteiger partial charge in [-0.15, -0.1) is 0 Å². The molecule has 0 bridgehead atoms. The van der Waals surface area contributed by atoms with Crippen molar-refractivity contribution in [2.45, 2.75) is 32.5 Å². The summed E-state index contributed by atoms with van der Waals surface area (Å²) in [6.07, 6.45) is 2.72. The number of aliphatic hydroxyl groups excluding tert-OH is 2. The van der Waals surface area contributed by atoms with Crippen molar-refractivity contribution in [3.05, 3.63) is 34.8 Å². The maximum atomic E-state index is 10.2. The molecule has 4 nitrogen and oxygen atoms in total. The van der Waals surface area contributed by atoms with Crippen molar-refractivity contribution in [1.29, 1.82) is 0 Å². The summed E-state index contributed by atoms with van der Waals surface area (Å²) in [6, 6.07) is 0. The standard InChI is InChI=1S/C13H20O4/c1-5-6-7-9-8(2)10(14)12(16-3)13(17-4)11(9)15/h5-6,10-11,14-15H,7H2,1-4H3/b6-5+. The molecule has 1 aliphatic rings. The first-order valence-corrected chi connectivity index (χ1v) is 5.57. The van der Waals surface area contributed by atoms with E-state index in [0.717, 1.165) is 5.57 Å². The summed E-state index contributed by atoms with van der Waals surface area (Å²) in [4.78, 5) is 0. The Hall–Kier alpha value is -1.26. The van der Waals surface area contributed by atoms with Crippen LogP contribution in [0.5, 0.6) is 0 Å². The Morgan fingerprint density at radius 2 is 1.65 bits per heavy atom. The van der Waals surface area contributed by atoms with Crippen LogP contribution in [-0.4, -0.2) is 36.6 Å². The van der Waals surface area contributed by atoms with Gasteiger partial charge in [-0.05, 0) is 31.4 Å². The molecule has 0 aromatic heterocycles. The molecule has 4 heteroatoms. The van der Waals surface area contributed by atoms with Crippen LogP contribution in [0, 0.1) is 0 Å². The van der Waals surface area contributed by atoms with Crippen LogP contribution in [0.1, 0.15) is 20.3 Å². The van der Waals surface area contributed by atoms with Gasteiger partial charge in [0.05, 0.1) is 14.2 Å². The van der Waals surface area contributed by atoms with Crippen LogP contribution >= 0.6 is 0 Å². The number of allylic oxidation sites excluding steroid dienone is 2. The lowest BCUT2D eigenvalue weighted by Gasteiger charge is -2.30. The van der Waals surface area contributed by atoms with Gasteiger partial charge in [-0.1, -0.05) is 12.2 Å². The van der Waals surface area contributed by atoms with Crippen molar-refractivity contribution in [3.63, 3.8) is 0 Å².